The normalized spacial score (nSPS) is 27.2. The number of thioether (sulfide) groups is 1. The summed E-state index contributed by atoms with van der Waals surface area (Å²) >= 11 is 1.000. The third-order valence-electron chi connectivity index (χ3n) is 6.11. The van der Waals surface area contributed by atoms with Crippen LogP contribution in [0, 0.1) is 0 Å². The first-order valence-corrected chi connectivity index (χ1v) is 12.8. The van der Waals surface area contributed by atoms with Crippen molar-refractivity contribution in [2.75, 3.05) is 13.2 Å². The van der Waals surface area contributed by atoms with Gasteiger partial charge in [0.25, 0.3) is 5.24 Å². The van der Waals surface area contributed by atoms with Gasteiger partial charge in [0.05, 0.1) is 18.5 Å². The average molecular weight is 549 g/mol. The molecule has 0 saturated carbocycles. The van der Waals surface area contributed by atoms with Gasteiger partial charge in [0.15, 0.2) is 12.4 Å². The van der Waals surface area contributed by atoms with Crippen molar-refractivity contribution in [3.05, 3.63) is 59.4 Å². The minimum absolute atomic E-state index is 0.0669. The molecule has 6 unspecified atom stereocenters. The number of aliphatic hydroxyl groups is 3. The van der Waals surface area contributed by atoms with Crippen molar-refractivity contribution in [2.24, 2.45) is 0 Å². The monoisotopic (exact) mass is 548 g/mol. The number of imide groups is 1. The van der Waals surface area contributed by atoms with Crippen LogP contribution >= 0.6 is 11.8 Å². The summed E-state index contributed by atoms with van der Waals surface area (Å²) in [6, 6.07) is 11.1. The van der Waals surface area contributed by atoms with Crippen LogP contribution in [-0.4, -0.2) is 91.7 Å². The molecule has 3 heterocycles. The third kappa shape index (κ3) is 7.07. The van der Waals surface area contributed by atoms with E-state index < -0.39 is 41.9 Å². The SMILES string of the molecule is O=C1NC(=O)C(Cc2ccc(OCCc3ccc(CCOC4OC(C(=O)O)C(O)C(O)C4O)cn3)cc2)S1. The average Bonchev–Trinajstić information content (AvgIpc) is 3.21. The first kappa shape index (κ1) is 28.0. The number of pyridine rings is 1. The zero-order valence-corrected chi connectivity index (χ0v) is 21.0. The van der Waals surface area contributed by atoms with E-state index in [-0.39, 0.29) is 17.8 Å². The molecule has 0 aliphatic carbocycles. The minimum atomic E-state index is -1.76. The highest BCUT2D eigenvalue weighted by Crippen LogP contribution is 2.24. The lowest BCUT2D eigenvalue weighted by atomic mass is 9.99. The first-order chi connectivity index (χ1) is 18.2. The largest absolute Gasteiger partial charge is 0.493 e. The summed E-state index contributed by atoms with van der Waals surface area (Å²) in [5, 5.41) is 40.2. The van der Waals surface area contributed by atoms with E-state index >= 15 is 0 Å². The predicted octanol–water partition coefficient (Wildman–Crippen LogP) is 0.0485. The van der Waals surface area contributed by atoms with Crippen LogP contribution in [0.1, 0.15) is 16.8 Å². The van der Waals surface area contributed by atoms with Crippen LogP contribution in [0.3, 0.4) is 0 Å². The van der Waals surface area contributed by atoms with E-state index in [1.165, 1.54) is 0 Å². The Labute approximate surface area is 221 Å². The number of nitrogens with one attached hydrogen (secondary N) is 1. The lowest BCUT2D eigenvalue weighted by Gasteiger charge is -2.38. The number of aliphatic hydroxyl groups excluding tert-OH is 3. The van der Waals surface area contributed by atoms with Gasteiger partial charge in [0.1, 0.15) is 24.1 Å². The van der Waals surface area contributed by atoms with Crippen molar-refractivity contribution in [2.45, 2.75) is 55.2 Å². The van der Waals surface area contributed by atoms with E-state index in [9.17, 15) is 29.7 Å². The maximum absolute atomic E-state index is 11.7. The number of carbonyl (C=O) groups is 3. The van der Waals surface area contributed by atoms with Crippen molar-refractivity contribution in [3.8, 4) is 5.75 Å². The number of hydrogen-bond donors (Lipinski definition) is 5. The van der Waals surface area contributed by atoms with E-state index in [0.717, 1.165) is 28.6 Å². The van der Waals surface area contributed by atoms with E-state index in [4.69, 9.17) is 19.3 Å². The van der Waals surface area contributed by atoms with Crippen LogP contribution in [0.4, 0.5) is 4.79 Å². The number of aromatic nitrogens is 1. The molecule has 0 bridgehead atoms. The van der Waals surface area contributed by atoms with Crippen molar-refractivity contribution in [3.63, 3.8) is 0 Å². The van der Waals surface area contributed by atoms with Gasteiger partial charge in [0.2, 0.25) is 5.91 Å². The van der Waals surface area contributed by atoms with E-state index in [1.807, 2.05) is 36.4 Å². The fourth-order valence-corrected chi connectivity index (χ4v) is 4.83. The van der Waals surface area contributed by atoms with Crippen molar-refractivity contribution in [1.82, 2.24) is 10.3 Å². The second-order valence-corrected chi connectivity index (χ2v) is 10.0. The van der Waals surface area contributed by atoms with E-state index in [2.05, 4.69) is 10.3 Å². The number of carbonyl (C=O) groups excluding carboxylic acids is 2. The van der Waals surface area contributed by atoms with Gasteiger partial charge in [-0.3, -0.25) is 19.9 Å². The number of carboxylic acids is 1. The molecule has 2 fully saturated rings. The van der Waals surface area contributed by atoms with Crippen molar-refractivity contribution >= 4 is 28.9 Å². The number of hydrogen-bond acceptors (Lipinski definition) is 11. The van der Waals surface area contributed by atoms with Crippen molar-refractivity contribution in [1.29, 1.82) is 0 Å². The van der Waals surface area contributed by atoms with Gasteiger partial charge in [-0.05, 0) is 42.2 Å². The Morgan fingerprint density at radius 1 is 0.974 bits per heavy atom. The van der Waals surface area contributed by atoms with Crippen LogP contribution in [0.5, 0.6) is 5.75 Å². The van der Waals surface area contributed by atoms with Gasteiger partial charge in [-0.25, -0.2) is 4.79 Å². The molecule has 0 spiro atoms. The molecule has 1 aromatic carbocycles. The summed E-state index contributed by atoms with van der Waals surface area (Å²) in [7, 11) is 0. The highest BCUT2D eigenvalue weighted by atomic mass is 32.2. The molecule has 2 aliphatic heterocycles. The van der Waals surface area contributed by atoms with Crippen LogP contribution < -0.4 is 10.1 Å². The summed E-state index contributed by atoms with van der Waals surface area (Å²) in [4.78, 5) is 38.5. The zero-order valence-electron chi connectivity index (χ0n) is 20.1. The number of benzene rings is 1. The molecule has 5 N–H and O–H groups in total. The van der Waals surface area contributed by atoms with E-state index in [1.54, 1.807) is 6.20 Å². The van der Waals surface area contributed by atoms with Crippen LogP contribution in [0.25, 0.3) is 0 Å². The molecule has 13 heteroatoms. The number of amides is 2. The van der Waals surface area contributed by atoms with Gasteiger partial charge < -0.3 is 34.6 Å². The fraction of sp³-hybridized carbons (Fsp3) is 0.440. The molecule has 2 aromatic rings. The topological polar surface area (TPSA) is 185 Å². The highest BCUT2D eigenvalue weighted by molar-refractivity contribution is 8.15. The second kappa shape index (κ2) is 12.7. The molecule has 4 rings (SSSR count). The molecule has 204 valence electrons. The molecule has 2 saturated heterocycles. The summed E-state index contributed by atoms with van der Waals surface area (Å²) in [5.41, 5.74) is 2.58. The third-order valence-corrected chi connectivity index (χ3v) is 7.09. The lowest BCUT2D eigenvalue weighted by Crippen LogP contribution is -2.60. The molecule has 6 atom stereocenters. The maximum atomic E-state index is 11.7. The van der Waals surface area contributed by atoms with Crippen molar-refractivity contribution < 1.29 is 49.0 Å². The van der Waals surface area contributed by atoms with Gasteiger partial charge in [-0.2, -0.15) is 0 Å². The van der Waals surface area contributed by atoms with Crippen LogP contribution in [-0.2, 0) is 38.3 Å². The zero-order chi connectivity index (χ0) is 27.2. The fourth-order valence-electron chi connectivity index (χ4n) is 3.97. The quantitative estimate of drug-likeness (QED) is 0.255. The van der Waals surface area contributed by atoms with Gasteiger partial charge in [-0.15, -0.1) is 0 Å². The number of rotatable bonds is 11. The first-order valence-electron chi connectivity index (χ1n) is 11.9. The molecular weight excluding hydrogens is 520 g/mol. The number of nitrogens with zero attached hydrogens (tertiary/aromatic N) is 1. The molecule has 2 amide bonds. The molecule has 12 nitrogen and oxygen atoms in total. The second-order valence-electron chi connectivity index (χ2n) is 8.84. The Morgan fingerprint density at radius 2 is 1.71 bits per heavy atom. The molecule has 1 aromatic heterocycles. The van der Waals surface area contributed by atoms with Gasteiger partial charge >= 0.3 is 5.97 Å². The van der Waals surface area contributed by atoms with E-state index in [0.29, 0.717) is 31.6 Å². The summed E-state index contributed by atoms with van der Waals surface area (Å²) < 4.78 is 16.3. The summed E-state index contributed by atoms with van der Waals surface area (Å²) in [6.07, 6.45) is -5.05. The number of ether oxygens (including phenoxy) is 3. The Morgan fingerprint density at radius 3 is 2.34 bits per heavy atom. The Balaban J connectivity index is 1.17. The molecule has 38 heavy (non-hydrogen) atoms. The maximum Gasteiger partial charge on any atom is 0.335 e. The minimum Gasteiger partial charge on any atom is -0.493 e. The predicted molar refractivity (Wildman–Crippen MR) is 132 cm³/mol. The number of aliphatic carboxylic acids is 1. The molecule has 0 radical (unpaired) electrons. The van der Waals surface area contributed by atoms with Gasteiger partial charge in [0, 0.05) is 18.3 Å². The highest BCUT2D eigenvalue weighted by Gasteiger charge is 2.47. The Hall–Kier alpha value is -3.07. The number of carboxylic acid groups (broad SMARTS) is 1. The van der Waals surface area contributed by atoms with Crippen LogP contribution in [0.15, 0.2) is 42.6 Å². The summed E-state index contributed by atoms with van der Waals surface area (Å²) in [6.45, 7) is 0.470. The smallest absolute Gasteiger partial charge is 0.335 e. The standard InChI is InChI=1S/C25H28N2O10S/c28-18-19(29)21(23(32)33)37-24(20(18)30)36-9-7-14-1-4-15(26-12-14)8-10-35-16-5-2-13(3-6-16)11-17-22(31)27-25(34)38-17/h1-6,12,17-21,24,28-30H,7-11H2,(H,32,33)(H,27,31,34). The lowest BCUT2D eigenvalue weighted by molar-refractivity contribution is -0.293. The van der Waals surface area contributed by atoms with Crippen LogP contribution in [0.2, 0.25) is 0 Å². The Bertz CT molecular complexity index is 1130. The summed E-state index contributed by atoms with van der Waals surface area (Å²) in [5.74, 6) is -1.06. The molecular formula is C25H28N2O10S. The van der Waals surface area contributed by atoms with Gasteiger partial charge in [-0.1, -0.05) is 30.0 Å². The Kier molecular flexibility index (Phi) is 9.31. The molecule has 2 aliphatic rings.